The van der Waals surface area contributed by atoms with Gasteiger partial charge in [-0.2, -0.15) is 13.2 Å². The van der Waals surface area contributed by atoms with E-state index in [9.17, 15) is 13.2 Å². The molecule has 3 rings (SSSR count). The van der Waals surface area contributed by atoms with E-state index in [4.69, 9.17) is 4.74 Å². The average Bonchev–Trinajstić information content (AvgIpc) is 3.22. The maximum Gasteiger partial charge on any atom is 0.418 e. The van der Waals surface area contributed by atoms with Crippen LogP contribution in [0.25, 0.3) is 0 Å². The molecule has 1 fully saturated rings. The third-order valence-electron chi connectivity index (χ3n) is 5.43. The summed E-state index contributed by atoms with van der Waals surface area (Å²) in [5.74, 6) is 0.807. The predicted octanol–water partition coefficient (Wildman–Crippen LogP) is 5.29. The number of benzene rings is 2. The second kappa shape index (κ2) is 10.1. The number of ether oxygens (including phenoxy) is 1. The van der Waals surface area contributed by atoms with Crippen LogP contribution in [-0.4, -0.2) is 32.8 Å². The molecule has 4 nitrogen and oxygen atoms in total. The molecule has 0 aromatic heterocycles. The number of likely N-dealkylation sites (N-methyl/N-ethyl adjacent to an activating group) is 1. The Morgan fingerprint density at radius 1 is 1.13 bits per heavy atom. The molecule has 2 aromatic carbocycles. The Kier molecular flexibility index (Phi) is 7.48. The zero-order valence-electron chi connectivity index (χ0n) is 17.6. The molecule has 2 N–H and O–H groups in total. The summed E-state index contributed by atoms with van der Waals surface area (Å²) in [7, 11) is 1.84. The van der Waals surface area contributed by atoms with Gasteiger partial charge in [0.25, 0.3) is 0 Å². The third kappa shape index (κ3) is 5.81. The fourth-order valence-electron chi connectivity index (χ4n) is 3.61. The summed E-state index contributed by atoms with van der Waals surface area (Å²) in [5, 5.41) is 6.26. The molecule has 1 saturated heterocycles. The van der Waals surface area contributed by atoms with Crippen molar-refractivity contribution in [1.82, 2.24) is 5.32 Å². The van der Waals surface area contributed by atoms with E-state index in [2.05, 4.69) is 17.6 Å². The van der Waals surface area contributed by atoms with Gasteiger partial charge in [0.15, 0.2) is 0 Å². The first-order valence-corrected chi connectivity index (χ1v) is 10.5. The second-order valence-electron chi connectivity index (χ2n) is 7.65. The zero-order valence-corrected chi connectivity index (χ0v) is 17.6. The van der Waals surface area contributed by atoms with Crippen molar-refractivity contribution in [2.75, 3.05) is 37.0 Å². The number of unbranched alkanes of at least 4 members (excludes halogenated alkanes) is 1. The third-order valence-corrected chi connectivity index (χ3v) is 5.43. The van der Waals surface area contributed by atoms with Gasteiger partial charge in [0.2, 0.25) is 0 Å². The van der Waals surface area contributed by atoms with Crippen LogP contribution in [-0.2, 0) is 12.7 Å². The number of halogens is 3. The molecule has 0 amide bonds. The van der Waals surface area contributed by atoms with Crippen molar-refractivity contribution in [3.8, 4) is 5.75 Å². The molecular formula is C23H30F3N3O. The zero-order chi connectivity index (χ0) is 21.6. The highest BCUT2D eigenvalue weighted by Gasteiger charge is 2.36. The van der Waals surface area contributed by atoms with Gasteiger partial charge in [-0.05, 0) is 55.8 Å². The summed E-state index contributed by atoms with van der Waals surface area (Å²) in [6.07, 6.45) is -1.48. The maximum atomic E-state index is 13.7. The fourth-order valence-corrected chi connectivity index (χ4v) is 3.61. The Hall–Kier alpha value is -2.41. The van der Waals surface area contributed by atoms with E-state index in [0.29, 0.717) is 31.9 Å². The number of hydrogen-bond acceptors (Lipinski definition) is 4. The van der Waals surface area contributed by atoms with E-state index in [1.54, 1.807) is 12.1 Å². The normalized spacial score (nSPS) is 16.7. The molecule has 2 aromatic rings. The number of rotatable bonds is 9. The van der Waals surface area contributed by atoms with Crippen LogP contribution in [0, 0.1) is 0 Å². The van der Waals surface area contributed by atoms with Gasteiger partial charge in [0, 0.05) is 37.1 Å². The van der Waals surface area contributed by atoms with Gasteiger partial charge in [-0.3, -0.25) is 0 Å². The SMILES string of the molecule is CCCCOc1ccc(CNc2ccc(N3CCC(NC)C3)c(C(F)(F)F)c2)cc1. The monoisotopic (exact) mass is 421 g/mol. The summed E-state index contributed by atoms with van der Waals surface area (Å²) in [4.78, 5) is 1.81. The molecular weight excluding hydrogens is 391 g/mol. The van der Waals surface area contributed by atoms with E-state index in [1.165, 1.54) is 6.07 Å². The minimum atomic E-state index is -4.40. The highest BCUT2D eigenvalue weighted by atomic mass is 19.4. The van der Waals surface area contributed by atoms with Crippen molar-refractivity contribution in [2.24, 2.45) is 0 Å². The minimum Gasteiger partial charge on any atom is -0.494 e. The molecule has 7 heteroatoms. The summed E-state index contributed by atoms with van der Waals surface area (Å²) in [5.41, 5.74) is 1.09. The van der Waals surface area contributed by atoms with Gasteiger partial charge in [0.1, 0.15) is 5.75 Å². The highest BCUT2D eigenvalue weighted by Crippen LogP contribution is 2.39. The number of hydrogen-bond donors (Lipinski definition) is 2. The van der Waals surface area contributed by atoms with Gasteiger partial charge >= 0.3 is 6.18 Å². The van der Waals surface area contributed by atoms with Gasteiger partial charge in [-0.25, -0.2) is 0 Å². The lowest BCUT2D eigenvalue weighted by molar-refractivity contribution is -0.137. The molecule has 0 radical (unpaired) electrons. The van der Waals surface area contributed by atoms with E-state index < -0.39 is 11.7 Å². The molecule has 1 aliphatic rings. The highest BCUT2D eigenvalue weighted by molar-refractivity contribution is 5.63. The summed E-state index contributed by atoms with van der Waals surface area (Å²) < 4.78 is 46.8. The van der Waals surface area contributed by atoms with Gasteiger partial charge in [-0.1, -0.05) is 25.5 Å². The Morgan fingerprint density at radius 2 is 1.90 bits per heavy atom. The largest absolute Gasteiger partial charge is 0.494 e. The van der Waals surface area contributed by atoms with Crippen molar-refractivity contribution in [3.63, 3.8) is 0 Å². The van der Waals surface area contributed by atoms with Gasteiger partial charge < -0.3 is 20.3 Å². The predicted molar refractivity (Wildman–Crippen MR) is 115 cm³/mol. The van der Waals surface area contributed by atoms with Crippen molar-refractivity contribution in [2.45, 2.75) is 44.9 Å². The lowest BCUT2D eigenvalue weighted by atomic mass is 10.1. The first kappa shape index (κ1) is 22.3. The topological polar surface area (TPSA) is 36.5 Å². The van der Waals surface area contributed by atoms with Gasteiger partial charge in [0.05, 0.1) is 12.2 Å². The maximum absolute atomic E-state index is 13.7. The number of alkyl halides is 3. The second-order valence-corrected chi connectivity index (χ2v) is 7.65. The summed E-state index contributed by atoms with van der Waals surface area (Å²) in [6.45, 7) is 4.44. The molecule has 1 heterocycles. The van der Waals surface area contributed by atoms with E-state index in [-0.39, 0.29) is 11.7 Å². The first-order chi connectivity index (χ1) is 14.4. The Labute approximate surface area is 176 Å². The number of nitrogens with zero attached hydrogens (tertiary/aromatic N) is 1. The van der Waals surface area contributed by atoms with E-state index >= 15 is 0 Å². The van der Waals surface area contributed by atoms with E-state index in [0.717, 1.165) is 30.6 Å². The Bertz CT molecular complexity index is 808. The Morgan fingerprint density at radius 3 is 2.53 bits per heavy atom. The molecule has 1 unspecified atom stereocenters. The summed E-state index contributed by atoms with van der Waals surface area (Å²) in [6, 6.07) is 12.4. The molecule has 1 atom stereocenters. The lowest BCUT2D eigenvalue weighted by Crippen LogP contribution is -2.30. The summed E-state index contributed by atoms with van der Waals surface area (Å²) >= 11 is 0. The van der Waals surface area contributed by atoms with Crippen LogP contribution in [0.15, 0.2) is 42.5 Å². The minimum absolute atomic E-state index is 0.220. The average molecular weight is 422 g/mol. The van der Waals surface area contributed by atoms with Crippen LogP contribution in [0.5, 0.6) is 5.75 Å². The molecule has 164 valence electrons. The molecule has 0 spiro atoms. The molecule has 0 bridgehead atoms. The smallest absolute Gasteiger partial charge is 0.418 e. The first-order valence-electron chi connectivity index (χ1n) is 10.5. The van der Waals surface area contributed by atoms with Crippen LogP contribution in [0.4, 0.5) is 24.5 Å². The molecule has 0 saturated carbocycles. The number of nitrogens with one attached hydrogen (secondary N) is 2. The van der Waals surface area contributed by atoms with Crippen LogP contribution in [0.3, 0.4) is 0 Å². The molecule has 30 heavy (non-hydrogen) atoms. The molecule has 1 aliphatic heterocycles. The van der Waals surface area contributed by atoms with Crippen molar-refractivity contribution in [1.29, 1.82) is 0 Å². The van der Waals surface area contributed by atoms with Gasteiger partial charge in [-0.15, -0.1) is 0 Å². The van der Waals surface area contributed by atoms with Crippen LogP contribution >= 0.6 is 0 Å². The van der Waals surface area contributed by atoms with Crippen LogP contribution in [0.2, 0.25) is 0 Å². The lowest BCUT2D eigenvalue weighted by Gasteiger charge is -2.24. The van der Waals surface area contributed by atoms with Crippen molar-refractivity contribution < 1.29 is 17.9 Å². The van der Waals surface area contributed by atoms with Crippen LogP contribution < -0.4 is 20.3 Å². The van der Waals surface area contributed by atoms with E-state index in [1.807, 2.05) is 36.2 Å². The fraction of sp³-hybridized carbons (Fsp3) is 0.478. The van der Waals surface area contributed by atoms with Crippen molar-refractivity contribution >= 4 is 11.4 Å². The Balaban J connectivity index is 1.66. The quantitative estimate of drug-likeness (QED) is 0.539. The number of anilines is 2. The van der Waals surface area contributed by atoms with Crippen LogP contribution in [0.1, 0.15) is 37.3 Å². The molecule has 0 aliphatic carbocycles. The van der Waals surface area contributed by atoms with Crippen molar-refractivity contribution in [3.05, 3.63) is 53.6 Å². The standard InChI is InChI=1S/C23H30F3N3O/c1-3-4-13-30-20-8-5-17(6-9-20)15-28-18-7-10-22(21(14-18)23(24,25)26)29-12-11-19(16-29)27-2/h5-10,14,19,27-28H,3-4,11-13,15-16H2,1-2H3.